The first-order valence-electron chi connectivity index (χ1n) is 4.35. The summed E-state index contributed by atoms with van der Waals surface area (Å²) in [7, 11) is 0. The molecule has 1 unspecified atom stereocenters. The number of rotatable bonds is 3. The number of aliphatic hydroxyl groups excluding tert-OH is 1. The monoisotopic (exact) mass is 178 g/mol. The first-order chi connectivity index (χ1) is 6.19. The third kappa shape index (κ3) is 2.16. The molecular weight excluding hydrogens is 164 g/mol. The van der Waals surface area contributed by atoms with E-state index in [1.807, 2.05) is 26.0 Å². The second kappa shape index (κ2) is 4.19. The normalized spacial score (nSPS) is 12.5. The topological polar surface area (TPSA) is 37.3 Å². The molecule has 2 heteroatoms. The lowest BCUT2D eigenvalue weighted by Crippen LogP contribution is -2.03. The molecule has 2 nitrogen and oxygen atoms in total. The maximum Gasteiger partial charge on any atom is 0.150 e. The van der Waals surface area contributed by atoms with E-state index in [1.54, 1.807) is 6.07 Å². The average Bonchev–Trinajstić information content (AvgIpc) is 2.16. The Kier molecular flexibility index (Phi) is 3.20. The van der Waals surface area contributed by atoms with Crippen molar-refractivity contribution in [2.75, 3.05) is 6.61 Å². The molecule has 1 rings (SSSR count). The van der Waals surface area contributed by atoms with Gasteiger partial charge in [0.05, 0.1) is 0 Å². The summed E-state index contributed by atoms with van der Waals surface area (Å²) < 4.78 is 0. The summed E-state index contributed by atoms with van der Waals surface area (Å²) in [5.74, 6) is 0.0279. The summed E-state index contributed by atoms with van der Waals surface area (Å²) in [4.78, 5) is 10.7. The van der Waals surface area contributed by atoms with Gasteiger partial charge in [-0.15, -0.1) is 0 Å². The molecule has 0 bridgehead atoms. The number of hydrogen-bond acceptors (Lipinski definition) is 2. The van der Waals surface area contributed by atoms with Gasteiger partial charge in [0.1, 0.15) is 6.29 Å². The average molecular weight is 178 g/mol. The molecule has 1 N–H and O–H groups in total. The van der Waals surface area contributed by atoms with Gasteiger partial charge >= 0.3 is 0 Å². The van der Waals surface area contributed by atoms with Crippen LogP contribution in [0.25, 0.3) is 0 Å². The Bertz CT molecular complexity index is 305. The fourth-order valence-electron chi connectivity index (χ4n) is 1.33. The van der Waals surface area contributed by atoms with Crippen molar-refractivity contribution in [1.82, 2.24) is 0 Å². The van der Waals surface area contributed by atoms with Gasteiger partial charge in [-0.25, -0.2) is 0 Å². The Hall–Kier alpha value is -1.15. The van der Waals surface area contributed by atoms with Crippen molar-refractivity contribution in [3.63, 3.8) is 0 Å². The van der Waals surface area contributed by atoms with Crippen molar-refractivity contribution >= 4 is 6.29 Å². The van der Waals surface area contributed by atoms with Crippen LogP contribution in [0.3, 0.4) is 0 Å². The molecule has 0 amide bonds. The van der Waals surface area contributed by atoms with Gasteiger partial charge in [0.25, 0.3) is 0 Å². The minimum Gasteiger partial charge on any atom is -0.396 e. The Labute approximate surface area is 78.2 Å². The molecule has 0 fully saturated rings. The van der Waals surface area contributed by atoms with Gasteiger partial charge in [-0.1, -0.05) is 30.7 Å². The number of aliphatic hydroxyl groups is 1. The van der Waals surface area contributed by atoms with Crippen molar-refractivity contribution in [2.24, 2.45) is 0 Å². The number of aryl methyl sites for hydroxylation is 1. The summed E-state index contributed by atoms with van der Waals surface area (Å²) in [6.07, 6.45) is 0.834. The molecule has 0 aliphatic rings. The van der Waals surface area contributed by atoms with Crippen LogP contribution < -0.4 is 0 Å². The van der Waals surface area contributed by atoms with Crippen LogP contribution in [0.4, 0.5) is 0 Å². The van der Waals surface area contributed by atoms with Crippen molar-refractivity contribution in [2.45, 2.75) is 19.8 Å². The Morgan fingerprint density at radius 1 is 1.54 bits per heavy atom. The van der Waals surface area contributed by atoms with Crippen molar-refractivity contribution in [1.29, 1.82) is 0 Å². The van der Waals surface area contributed by atoms with Crippen LogP contribution in [0.15, 0.2) is 18.2 Å². The van der Waals surface area contributed by atoms with E-state index in [4.69, 9.17) is 5.11 Å². The number of carbonyl (C=O) groups excluding carboxylic acids is 1. The maximum absolute atomic E-state index is 10.7. The second-order valence-electron chi connectivity index (χ2n) is 3.33. The standard InChI is InChI=1S/C11H14O2/c1-8-3-4-10(7-13)11(5-8)9(2)6-12/h3-5,7,9,12H,6H2,1-2H3. The van der Waals surface area contributed by atoms with Crippen LogP contribution >= 0.6 is 0 Å². The van der Waals surface area contributed by atoms with Crippen LogP contribution in [-0.2, 0) is 0 Å². The van der Waals surface area contributed by atoms with E-state index >= 15 is 0 Å². The molecule has 13 heavy (non-hydrogen) atoms. The predicted octanol–water partition coefficient (Wildman–Crippen LogP) is 1.90. The minimum atomic E-state index is 0.0279. The summed E-state index contributed by atoms with van der Waals surface area (Å²) in [6, 6.07) is 5.64. The lowest BCUT2D eigenvalue weighted by molar-refractivity contribution is 0.112. The second-order valence-corrected chi connectivity index (χ2v) is 3.33. The molecule has 0 aliphatic carbocycles. The van der Waals surface area contributed by atoms with Crippen LogP contribution in [-0.4, -0.2) is 18.0 Å². The zero-order chi connectivity index (χ0) is 9.84. The summed E-state index contributed by atoms with van der Waals surface area (Å²) in [5.41, 5.74) is 2.71. The molecule has 1 aromatic rings. The maximum atomic E-state index is 10.7. The van der Waals surface area contributed by atoms with Gasteiger partial charge in [-0.3, -0.25) is 4.79 Å². The molecule has 0 saturated heterocycles. The quantitative estimate of drug-likeness (QED) is 0.718. The summed E-state index contributed by atoms with van der Waals surface area (Å²) in [5, 5.41) is 8.98. The third-order valence-electron chi connectivity index (χ3n) is 2.17. The highest BCUT2D eigenvalue weighted by molar-refractivity contribution is 5.77. The number of carbonyl (C=O) groups is 1. The Morgan fingerprint density at radius 2 is 2.23 bits per heavy atom. The molecule has 0 saturated carbocycles. The van der Waals surface area contributed by atoms with Gasteiger partial charge in [0.2, 0.25) is 0 Å². The first-order valence-corrected chi connectivity index (χ1v) is 4.35. The number of benzene rings is 1. The van der Waals surface area contributed by atoms with E-state index in [1.165, 1.54) is 0 Å². The van der Waals surface area contributed by atoms with E-state index in [9.17, 15) is 4.79 Å². The molecule has 0 aliphatic heterocycles. The molecule has 0 heterocycles. The van der Waals surface area contributed by atoms with Crippen molar-refractivity contribution in [3.05, 3.63) is 34.9 Å². The molecule has 1 atom stereocenters. The fraction of sp³-hybridized carbons (Fsp3) is 0.364. The van der Waals surface area contributed by atoms with Crippen LogP contribution in [0, 0.1) is 6.92 Å². The summed E-state index contributed by atoms with van der Waals surface area (Å²) in [6.45, 7) is 3.95. The lowest BCUT2D eigenvalue weighted by Gasteiger charge is -2.11. The van der Waals surface area contributed by atoms with E-state index in [0.717, 1.165) is 17.4 Å². The van der Waals surface area contributed by atoms with Crippen LogP contribution in [0.1, 0.15) is 34.3 Å². The molecule has 70 valence electrons. The van der Waals surface area contributed by atoms with E-state index in [0.29, 0.717) is 5.56 Å². The summed E-state index contributed by atoms with van der Waals surface area (Å²) >= 11 is 0. The SMILES string of the molecule is Cc1ccc(C=O)c(C(C)CO)c1. The molecule has 0 aromatic heterocycles. The highest BCUT2D eigenvalue weighted by atomic mass is 16.3. The molecule has 0 radical (unpaired) electrons. The highest BCUT2D eigenvalue weighted by Crippen LogP contribution is 2.19. The van der Waals surface area contributed by atoms with E-state index < -0.39 is 0 Å². The zero-order valence-electron chi connectivity index (χ0n) is 7.95. The van der Waals surface area contributed by atoms with Crippen LogP contribution in [0.2, 0.25) is 0 Å². The van der Waals surface area contributed by atoms with Gasteiger partial charge in [0.15, 0.2) is 0 Å². The van der Waals surface area contributed by atoms with Gasteiger partial charge in [0, 0.05) is 18.1 Å². The van der Waals surface area contributed by atoms with Crippen molar-refractivity contribution in [3.8, 4) is 0 Å². The largest absolute Gasteiger partial charge is 0.396 e. The number of aldehydes is 1. The Balaban J connectivity index is 3.15. The minimum absolute atomic E-state index is 0.0279. The first kappa shape index (κ1) is 9.93. The Morgan fingerprint density at radius 3 is 2.77 bits per heavy atom. The molecular formula is C11H14O2. The predicted molar refractivity (Wildman–Crippen MR) is 52.1 cm³/mol. The fourth-order valence-corrected chi connectivity index (χ4v) is 1.33. The smallest absolute Gasteiger partial charge is 0.150 e. The van der Waals surface area contributed by atoms with Crippen molar-refractivity contribution < 1.29 is 9.90 Å². The molecule has 1 aromatic carbocycles. The molecule has 0 spiro atoms. The van der Waals surface area contributed by atoms with Gasteiger partial charge in [-0.05, 0) is 12.5 Å². The highest BCUT2D eigenvalue weighted by Gasteiger charge is 2.08. The van der Waals surface area contributed by atoms with E-state index in [-0.39, 0.29) is 12.5 Å². The number of hydrogen-bond donors (Lipinski definition) is 1. The van der Waals surface area contributed by atoms with Gasteiger partial charge < -0.3 is 5.11 Å². The zero-order valence-corrected chi connectivity index (χ0v) is 7.95. The van der Waals surface area contributed by atoms with Crippen LogP contribution in [0.5, 0.6) is 0 Å². The lowest BCUT2D eigenvalue weighted by atomic mass is 9.95. The third-order valence-corrected chi connectivity index (χ3v) is 2.17. The van der Waals surface area contributed by atoms with E-state index in [2.05, 4.69) is 0 Å². The van der Waals surface area contributed by atoms with Gasteiger partial charge in [-0.2, -0.15) is 0 Å².